The van der Waals surface area contributed by atoms with Crippen LogP contribution in [0.2, 0.25) is 0 Å². The summed E-state index contributed by atoms with van der Waals surface area (Å²) >= 11 is 1.19. The molecule has 8 heteroatoms. The number of carboxylic acids is 2. The minimum atomic E-state index is -1.78. The van der Waals surface area contributed by atoms with Crippen LogP contribution in [0.4, 0.5) is 0 Å². The minimum Gasteiger partial charge on any atom is -0.479 e. The van der Waals surface area contributed by atoms with Crippen LogP contribution in [0.25, 0.3) is 0 Å². The van der Waals surface area contributed by atoms with E-state index in [1.807, 2.05) is 32.9 Å². The van der Waals surface area contributed by atoms with E-state index in [1.54, 1.807) is 17.5 Å². The predicted molar refractivity (Wildman–Crippen MR) is 112 cm³/mol. The van der Waals surface area contributed by atoms with Crippen LogP contribution in [0.5, 0.6) is 0 Å². The molecule has 2 N–H and O–H groups in total. The summed E-state index contributed by atoms with van der Waals surface area (Å²) in [6.07, 6.45) is 3.63. The van der Waals surface area contributed by atoms with Gasteiger partial charge in [0.05, 0.1) is 5.57 Å². The third kappa shape index (κ3) is 3.75. The zero-order valence-electron chi connectivity index (χ0n) is 17.0. The number of hydrogen-bond donors (Lipinski definition) is 2. The molecule has 30 heavy (non-hydrogen) atoms. The fourth-order valence-electron chi connectivity index (χ4n) is 3.92. The summed E-state index contributed by atoms with van der Waals surface area (Å²) in [4.78, 5) is 43.7. The highest BCUT2D eigenvalue weighted by atomic mass is 32.1. The third-order valence-electron chi connectivity index (χ3n) is 5.23. The van der Waals surface area contributed by atoms with E-state index in [1.165, 1.54) is 28.5 Å². The van der Waals surface area contributed by atoms with Crippen LogP contribution in [-0.2, 0) is 16.0 Å². The number of carboxylic acid groups (broad SMARTS) is 2. The van der Waals surface area contributed by atoms with Crippen LogP contribution in [-0.4, -0.2) is 43.5 Å². The van der Waals surface area contributed by atoms with Crippen molar-refractivity contribution in [3.05, 3.63) is 63.6 Å². The summed E-state index contributed by atoms with van der Waals surface area (Å²) in [7, 11) is 0. The van der Waals surface area contributed by atoms with E-state index in [4.69, 9.17) is 0 Å². The van der Waals surface area contributed by atoms with Crippen LogP contribution in [0.1, 0.15) is 54.2 Å². The lowest BCUT2D eigenvalue weighted by atomic mass is 9.87. The first-order valence-corrected chi connectivity index (χ1v) is 10.6. The number of amides is 1. The van der Waals surface area contributed by atoms with Gasteiger partial charge in [0.2, 0.25) is 0 Å². The van der Waals surface area contributed by atoms with Gasteiger partial charge in [-0.2, -0.15) is 0 Å². The molecule has 0 saturated heterocycles. The lowest BCUT2D eigenvalue weighted by Crippen LogP contribution is -2.54. The van der Waals surface area contributed by atoms with Crippen LogP contribution in [0.3, 0.4) is 0 Å². The van der Waals surface area contributed by atoms with Gasteiger partial charge in [-0.3, -0.25) is 4.79 Å². The molecule has 0 saturated carbocycles. The maximum Gasteiger partial charge on any atom is 0.333 e. The second kappa shape index (κ2) is 8.39. The van der Waals surface area contributed by atoms with Gasteiger partial charge in [-0.15, -0.1) is 11.3 Å². The third-order valence-corrected chi connectivity index (χ3v) is 6.05. The second-order valence-corrected chi connectivity index (χ2v) is 8.66. The molecule has 2 unspecified atom stereocenters. The van der Waals surface area contributed by atoms with Gasteiger partial charge < -0.3 is 15.1 Å². The van der Waals surface area contributed by atoms with Crippen molar-refractivity contribution in [2.24, 2.45) is 5.92 Å². The number of benzene rings is 1. The van der Waals surface area contributed by atoms with Crippen molar-refractivity contribution in [2.75, 3.05) is 0 Å². The summed E-state index contributed by atoms with van der Waals surface area (Å²) in [5, 5.41) is 22.1. The van der Waals surface area contributed by atoms with Gasteiger partial charge in [0.15, 0.2) is 5.54 Å². The maximum atomic E-state index is 13.6. The van der Waals surface area contributed by atoms with E-state index < -0.39 is 29.4 Å². The Morgan fingerprint density at radius 3 is 2.33 bits per heavy atom. The zero-order valence-corrected chi connectivity index (χ0v) is 17.8. The van der Waals surface area contributed by atoms with Crippen molar-refractivity contribution >= 4 is 29.2 Å². The van der Waals surface area contributed by atoms with Gasteiger partial charge in [-0.05, 0) is 42.5 Å². The van der Waals surface area contributed by atoms with Crippen molar-refractivity contribution in [1.29, 1.82) is 0 Å². The Balaban J connectivity index is 2.21. The molecule has 1 aliphatic rings. The maximum absolute atomic E-state index is 13.6. The van der Waals surface area contributed by atoms with Crippen LogP contribution >= 0.6 is 11.3 Å². The van der Waals surface area contributed by atoms with Crippen molar-refractivity contribution in [3.8, 4) is 0 Å². The average Bonchev–Trinajstić information content (AvgIpc) is 3.33. The molecular formula is C22H24N2O5S. The molecule has 1 aliphatic heterocycles. The number of nitrogens with zero attached hydrogens (tertiary/aromatic N) is 2. The first kappa shape index (κ1) is 21.7. The summed E-state index contributed by atoms with van der Waals surface area (Å²) in [6.45, 7) is 5.68. The van der Waals surface area contributed by atoms with Crippen molar-refractivity contribution in [2.45, 2.75) is 45.2 Å². The summed E-state index contributed by atoms with van der Waals surface area (Å²) < 4.78 is 0. The normalized spacial score (nSPS) is 21.0. The Hall–Kier alpha value is -3.00. The number of hydrogen-bond acceptors (Lipinski definition) is 5. The highest BCUT2D eigenvalue weighted by Gasteiger charge is 2.56. The van der Waals surface area contributed by atoms with Crippen LogP contribution in [0.15, 0.2) is 47.5 Å². The van der Waals surface area contributed by atoms with Gasteiger partial charge in [0.25, 0.3) is 5.91 Å². The minimum absolute atomic E-state index is 0.0831. The van der Waals surface area contributed by atoms with Crippen molar-refractivity contribution in [3.63, 3.8) is 0 Å². The molecule has 0 bridgehead atoms. The largest absolute Gasteiger partial charge is 0.479 e. The molecule has 0 fully saturated rings. The Kier molecular flexibility index (Phi) is 6.07. The van der Waals surface area contributed by atoms with E-state index in [0.29, 0.717) is 10.6 Å². The van der Waals surface area contributed by atoms with Gasteiger partial charge in [0, 0.05) is 17.1 Å². The SMILES string of the molecule is CCc1ccc(C(=O)N2C(c3nccs3)C(C(=O)O)=CC2(CC(C)C)C(=O)O)cc1. The lowest BCUT2D eigenvalue weighted by Gasteiger charge is -2.38. The van der Waals surface area contributed by atoms with E-state index >= 15 is 0 Å². The number of carbonyl (C=O) groups is 3. The Morgan fingerprint density at radius 1 is 1.20 bits per heavy atom. The summed E-state index contributed by atoms with van der Waals surface area (Å²) in [6, 6.07) is 5.87. The molecule has 158 valence electrons. The second-order valence-electron chi connectivity index (χ2n) is 7.73. The fourth-order valence-corrected chi connectivity index (χ4v) is 4.66. The monoisotopic (exact) mass is 428 g/mol. The quantitative estimate of drug-likeness (QED) is 0.695. The number of aryl methyl sites for hydroxylation is 1. The molecule has 2 aromatic rings. The first-order valence-electron chi connectivity index (χ1n) is 9.72. The Morgan fingerprint density at radius 2 is 1.87 bits per heavy atom. The van der Waals surface area contributed by atoms with Crippen molar-refractivity contribution in [1.82, 2.24) is 9.88 Å². The molecule has 1 amide bonds. The summed E-state index contributed by atoms with van der Waals surface area (Å²) in [5.74, 6) is -3.15. The number of rotatable bonds is 7. The van der Waals surface area contributed by atoms with Gasteiger partial charge in [-0.1, -0.05) is 32.9 Å². The first-order chi connectivity index (χ1) is 14.2. The lowest BCUT2D eigenvalue weighted by molar-refractivity contribution is -0.148. The highest BCUT2D eigenvalue weighted by molar-refractivity contribution is 7.09. The number of aromatic nitrogens is 1. The van der Waals surface area contributed by atoms with Gasteiger partial charge in [-0.25, -0.2) is 14.6 Å². The molecule has 2 heterocycles. The van der Waals surface area contributed by atoms with E-state index in [2.05, 4.69) is 4.98 Å². The summed E-state index contributed by atoms with van der Waals surface area (Å²) in [5.41, 5.74) is -0.575. The number of aliphatic carboxylic acids is 2. The zero-order chi connectivity index (χ0) is 22.1. The van der Waals surface area contributed by atoms with Crippen LogP contribution in [0, 0.1) is 5.92 Å². The number of carbonyl (C=O) groups excluding carboxylic acids is 1. The molecule has 0 aliphatic carbocycles. The average molecular weight is 429 g/mol. The smallest absolute Gasteiger partial charge is 0.333 e. The molecular weight excluding hydrogens is 404 g/mol. The molecule has 2 atom stereocenters. The molecule has 3 rings (SSSR count). The van der Waals surface area contributed by atoms with E-state index in [0.717, 1.165) is 12.0 Å². The molecule has 7 nitrogen and oxygen atoms in total. The Labute approximate surface area is 178 Å². The topological polar surface area (TPSA) is 108 Å². The molecule has 1 aromatic carbocycles. The van der Waals surface area contributed by atoms with Crippen LogP contribution < -0.4 is 0 Å². The van der Waals surface area contributed by atoms with E-state index in [9.17, 15) is 24.6 Å². The van der Waals surface area contributed by atoms with Gasteiger partial charge in [0.1, 0.15) is 11.0 Å². The standard InChI is InChI=1S/C22H24N2O5S/c1-4-14-5-7-15(8-6-14)19(25)24-17(18-23-9-10-30-18)16(20(26)27)12-22(24,21(28)29)11-13(2)3/h5-10,12-13,17H,4,11H2,1-3H3,(H,26,27)(H,28,29). The van der Waals surface area contributed by atoms with E-state index in [-0.39, 0.29) is 17.9 Å². The predicted octanol–water partition coefficient (Wildman–Crippen LogP) is 3.78. The number of thiazole rings is 1. The molecule has 1 aromatic heterocycles. The van der Waals surface area contributed by atoms with Crippen molar-refractivity contribution < 1.29 is 24.6 Å². The molecule has 0 spiro atoms. The highest BCUT2D eigenvalue weighted by Crippen LogP contribution is 2.46. The Bertz CT molecular complexity index is 981. The van der Waals surface area contributed by atoms with Gasteiger partial charge >= 0.3 is 11.9 Å². The molecule has 0 radical (unpaired) electrons. The fraction of sp³-hybridized carbons (Fsp3) is 0.364.